The van der Waals surface area contributed by atoms with E-state index in [1.807, 2.05) is 60.7 Å². The van der Waals surface area contributed by atoms with Gasteiger partial charge in [-0.3, -0.25) is 0 Å². The Morgan fingerprint density at radius 3 is 2.64 bits per heavy atom. The van der Waals surface area contributed by atoms with Crippen LogP contribution in [0.2, 0.25) is 0 Å². The van der Waals surface area contributed by atoms with Gasteiger partial charge in [-0.05, 0) is 46.9 Å². The van der Waals surface area contributed by atoms with Gasteiger partial charge in [-0.2, -0.15) is 5.26 Å². The van der Waals surface area contributed by atoms with E-state index in [-0.39, 0.29) is 6.79 Å². The maximum absolute atomic E-state index is 9.65. The van der Waals surface area contributed by atoms with Crippen molar-refractivity contribution in [2.45, 2.75) is 0 Å². The maximum atomic E-state index is 9.65. The van der Waals surface area contributed by atoms with Crippen LogP contribution in [-0.4, -0.2) is 13.9 Å². The lowest BCUT2D eigenvalue weighted by molar-refractivity contribution is 0.174. The summed E-state index contributed by atoms with van der Waals surface area (Å²) < 4.78 is 16.2. The minimum absolute atomic E-state index is 0.216. The summed E-state index contributed by atoms with van der Waals surface area (Å²) in [4.78, 5) is 0. The van der Waals surface area contributed by atoms with Gasteiger partial charge in [0.1, 0.15) is 5.75 Å². The van der Waals surface area contributed by atoms with Crippen LogP contribution in [0, 0.1) is 11.3 Å². The molecule has 122 valence electrons. The first-order chi connectivity index (χ1) is 12.3. The highest BCUT2D eigenvalue weighted by molar-refractivity contribution is 6.00. The quantitative estimate of drug-likeness (QED) is 0.519. The number of ether oxygens (including phenoxy) is 3. The zero-order chi connectivity index (χ0) is 17.2. The van der Waals surface area contributed by atoms with E-state index < -0.39 is 0 Å². The number of fused-ring (bicyclic) bond motifs is 2. The molecule has 0 N–H and O–H groups in total. The standard InChI is InChI=1S/C21H15NO3/c1-23-19-8-7-15(17-4-2-3-5-18(17)19)10-16(12-22)14-6-9-20-21(11-14)25-13-24-20/h2-11H,13H2,1H3/b16-10+. The fourth-order valence-corrected chi connectivity index (χ4v) is 3.00. The number of hydrogen-bond acceptors (Lipinski definition) is 4. The van der Waals surface area contributed by atoms with E-state index in [9.17, 15) is 5.26 Å². The van der Waals surface area contributed by atoms with Gasteiger partial charge in [0, 0.05) is 5.39 Å². The van der Waals surface area contributed by atoms with Crippen LogP contribution < -0.4 is 14.2 Å². The van der Waals surface area contributed by atoms with E-state index in [1.165, 1.54) is 0 Å². The first-order valence-corrected chi connectivity index (χ1v) is 7.87. The molecule has 0 fully saturated rings. The molecule has 25 heavy (non-hydrogen) atoms. The van der Waals surface area contributed by atoms with Crippen LogP contribution in [0.25, 0.3) is 22.4 Å². The number of benzene rings is 3. The molecule has 1 aliphatic heterocycles. The Morgan fingerprint density at radius 1 is 1.04 bits per heavy atom. The van der Waals surface area contributed by atoms with Crippen LogP contribution in [0.4, 0.5) is 0 Å². The predicted octanol–water partition coefficient (Wildman–Crippen LogP) is 4.64. The second-order valence-corrected chi connectivity index (χ2v) is 5.64. The summed E-state index contributed by atoms with van der Waals surface area (Å²) in [6, 6.07) is 19.7. The number of allylic oxidation sites excluding steroid dienone is 1. The van der Waals surface area contributed by atoms with Crippen molar-refractivity contribution in [1.29, 1.82) is 5.26 Å². The van der Waals surface area contributed by atoms with Crippen molar-refractivity contribution >= 4 is 22.4 Å². The average molecular weight is 329 g/mol. The van der Waals surface area contributed by atoms with E-state index in [0.29, 0.717) is 17.1 Å². The summed E-state index contributed by atoms with van der Waals surface area (Å²) in [5.41, 5.74) is 2.32. The second kappa shape index (κ2) is 6.21. The molecule has 0 bridgehead atoms. The van der Waals surface area contributed by atoms with Crippen molar-refractivity contribution in [3.05, 3.63) is 65.7 Å². The van der Waals surface area contributed by atoms with Crippen LogP contribution in [0.3, 0.4) is 0 Å². The van der Waals surface area contributed by atoms with Crippen molar-refractivity contribution in [1.82, 2.24) is 0 Å². The Hall–Kier alpha value is -3.45. The number of rotatable bonds is 3. The van der Waals surface area contributed by atoms with Gasteiger partial charge in [-0.1, -0.05) is 30.3 Å². The molecule has 0 unspecified atom stereocenters. The fourth-order valence-electron chi connectivity index (χ4n) is 3.00. The lowest BCUT2D eigenvalue weighted by Gasteiger charge is -2.09. The summed E-state index contributed by atoms with van der Waals surface area (Å²) in [7, 11) is 1.66. The lowest BCUT2D eigenvalue weighted by Crippen LogP contribution is -1.92. The SMILES string of the molecule is COc1ccc(/C=C(\C#N)c2ccc3c(c2)OCO3)c2ccccc12. The number of nitrogens with zero attached hydrogens (tertiary/aromatic N) is 1. The molecule has 0 atom stereocenters. The zero-order valence-corrected chi connectivity index (χ0v) is 13.7. The summed E-state index contributed by atoms with van der Waals surface area (Å²) in [6.45, 7) is 0.216. The number of hydrogen-bond donors (Lipinski definition) is 0. The van der Waals surface area contributed by atoms with Crippen LogP contribution >= 0.6 is 0 Å². The predicted molar refractivity (Wildman–Crippen MR) is 96.5 cm³/mol. The second-order valence-electron chi connectivity index (χ2n) is 5.64. The third kappa shape index (κ3) is 2.66. The summed E-state index contributed by atoms with van der Waals surface area (Å²) in [6.07, 6.45) is 1.89. The molecule has 4 nitrogen and oxygen atoms in total. The van der Waals surface area contributed by atoms with Gasteiger partial charge in [0.2, 0.25) is 6.79 Å². The molecule has 0 radical (unpaired) electrons. The van der Waals surface area contributed by atoms with E-state index >= 15 is 0 Å². The Kier molecular flexibility index (Phi) is 3.75. The molecule has 0 amide bonds. The Bertz CT molecular complexity index is 1030. The highest BCUT2D eigenvalue weighted by Crippen LogP contribution is 2.35. The Balaban J connectivity index is 1.84. The molecule has 4 heteroatoms. The van der Waals surface area contributed by atoms with Crippen molar-refractivity contribution < 1.29 is 14.2 Å². The van der Waals surface area contributed by atoms with E-state index in [1.54, 1.807) is 7.11 Å². The molecular weight excluding hydrogens is 314 g/mol. The third-order valence-corrected chi connectivity index (χ3v) is 4.24. The molecule has 3 aromatic rings. The summed E-state index contributed by atoms with van der Waals surface area (Å²) in [5, 5.41) is 11.7. The molecule has 1 aliphatic rings. The number of methoxy groups -OCH3 is 1. The Morgan fingerprint density at radius 2 is 1.84 bits per heavy atom. The largest absolute Gasteiger partial charge is 0.496 e. The minimum Gasteiger partial charge on any atom is -0.496 e. The van der Waals surface area contributed by atoms with Gasteiger partial charge < -0.3 is 14.2 Å². The highest BCUT2D eigenvalue weighted by atomic mass is 16.7. The normalized spacial score (nSPS) is 12.9. The van der Waals surface area contributed by atoms with Gasteiger partial charge in [-0.15, -0.1) is 0 Å². The van der Waals surface area contributed by atoms with Gasteiger partial charge in [0.05, 0.1) is 18.8 Å². The van der Waals surface area contributed by atoms with Gasteiger partial charge in [0.25, 0.3) is 0 Å². The van der Waals surface area contributed by atoms with Crippen LogP contribution in [0.15, 0.2) is 54.6 Å². The molecule has 3 aromatic carbocycles. The molecule has 0 aliphatic carbocycles. The first kappa shape index (κ1) is 15.1. The number of nitriles is 1. The molecule has 0 spiro atoms. The molecular formula is C21H15NO3. The van der Waals surface area contributed by atoms with E-state index in [4.69, 9.17) is 14.2 Å². The first-order valence-electron chi connectivity index (χ1n) is 7.87. The lowest BCUT2D eigenvalue weighted by atomic mass is 9.99. The van der Waals surface area contributed by atoms with Gasteiger partial charge in [0.15, 0.2) is 11.5 Å². The van der Waals surface area contributed by atoms with Crippen LogP contribution in [0.5, 0.6) is 17.2 Å². The summed E-state index contributed by atoms with van der Waals surface area (Å²) in [5.74, 6) is 2.18. The smallest absolute Gasteiger partial charge is 0.231 e. The van der Waals surface area contributed by atoms with Gasteiger partial charge >= 0.3 is 0 Å². The van der Waals surface area contributed by atoms with Crippen molar-refractivity contribution in [2.24, 2.45) is 0 Å². The van der Waals surface area contributed by atoms with Crippen LogP contribution in [-0.2, 0) is 0 Å². The Labute approximate surface area is 145 Å². The topological polar surface area (TPSA) is 51.5 Å². The van der Waals surface area contributed by atoms with Crippen LogP contribution in [0.1, 0.15) is 11.1 Å². The van der Waals surface area contributed by atoms with E-state index in [0.717, 1.165) is 27.6 Å². The minimum atomic E-state index is 0.216. The molecule has 0 saturated carbocycles. The molecule has 1 heterocycles. The van der Waals surface area contributed by atoms with Crippen molar-refractivity contribution in [3.8, 4) is 23.3 Å². The van der Waals surface area contributed by atoms with Gasteiger partial charge in [-0.25, -0.2) is 0 Å². The van der Waals surface area contributed by atoms with Crippen molar-refractivity contribution in [3.63, 3.8) is 0 Å². The van der Waals surface area contributed by atoms with E-state index in [2.05, 4.69) is 6.07 Å². The monoisotopic (exact) mass is 329 g/mol. The molecule has 0 aromatic heterocycles. The molecule has 0 saturated heterocycles. The highest BCUT2D eigenvalue weighted by Gasteiger charge is 2.15. The summed E-state index contributed by atoms with van der Waals surface area (Å²) >= 11 is 0. The molecule has 4 rings (SSSR count). The third-order valence-electron chi connectivity index (χ3n) is 4.24. The maximum Gasteiger partial charge on any atom is 0.231 e. The fraction of sp³-hybridized carbons (Fsp3) is 0.0952. The average Bonchev–Trinajstić information content (AvgIpc) is 3.13. The zero-order valence-electron chi connectivity index (χ0n) is 13.7. The van der Waals surface area contributed by atoms with Crippen molar-refractivity contribution in [2.75, 3.05) is 13.9 Å².